The average molecular weight is 353 g/mol. The van der Waals surface area contributed by atoms with Crippen molar-refractivity contribution < 1.29 is 40.8 Å². The molecule has 0 bridgehead atoms. The fraction of sp³-hybridized carbons (Fsp3) is 0.286. The van der Waals surface area contributed by atoms with Gasteiger partial charge in [-0.05, 0) is 24.6 Å². The van der Waals surface area contributed by atoms with E-state index < -0.39 is 40.9 Å². The Labute approximate surface area is 131 Å². The van der Waals surface area contributed by atoms with Crippen molar-refractivity contribution in [3.63, 3.8) is 0 Å². The Balaban J connectivity index is 2.39. The molecule has 1 aliphatic heterocycles. The van der Waals surface area contributed by atoms with Crippen LogP contribution in [0.25, 0.3) is 0 Å². The molecule has 0 unspecified atom stereocenters. The number of hydrogen-bond donors (Lipinski definition) is 0. The van der Waals surface area contributed by atoms with Gasteiger partial charge in [0.1, 0.15) is 0 Å². The molecule has 1 fully saturated rings. The Morgan fingerprint density at radius 1 is 1.00 bits per heavy atom. The maximum Gasteiger partial charge on any atom is 0.416 e. The number of hydroxylamine groups is 2. The van der Waals surface area contributed by atoms with Gasteiger partial charge in [-0.25, -0.2) is 4.79 Å². The van der Waals surface area contributed by atoms with Gasteiger partial charge in [0.15, 0.2) is 0 Å². The van der Waals surface area contributed by atoms with Crippen LogP contribution in [0.15, 0.2) is 30.5 Å². The molecule has 1 aromatic carbocycles. The van der Waals surface area contributed by atoms with Crippen molar-refractivity contribution in [2.24, 2.45) is 0 Å². The predicted octanol–water partition coefficient (Wildman–Crippen LogP) is 3.93. The van der Waals surface area contributed by atoms with Gasteiger partial charge < -0.3 is 4.84 Å². The summed E-state index contributed by atoms with van der Waals surface area (Å²) in [5.74, 6) is -2.20. The van der Waals surface area contributed by atoms with E-state index in [9.17, 15) is 35.9 Å². The van der Waals surface area contributed by atoms with Gasteiger partial charge in [-0.1, -0.05) is 6.58 Å². The fourth-order valence-electron chi connectivity index (χ4n) is 1.95. The first kappa shape index (κ1) is 17.8. The molecule has 1 aliphatic rings. The molecule has 0 radical (unpaired) electrons. The van der Waals surface area contributed by atoms with Gasteiger partial charge in [0.25, 0.3) is 5.91 Å². The summed E-state index contributed by atoms with van der Waals surface area (Å²) >= 11 is 0. The van der Waals surface area contributed by atoms with Crippen molar-refractivity contribution >= 4 is 11.9 Å². The zero-order chi connectivity index (χ0) is 18.3. The Hall–Kier alpha value is -2.52. The first-order chi connectivity index (χ1) is 10.9. The van der Waals surface area contributed by atoms with Gasteiger partial charge in [-0.2, -0.15) is 26.3 Å². The van der Waals surface area contributed by atoms with Gasteiger partial charge in [-0.3, -0.25) is 4.79 Å². The molecule has 10 heteroatoms. The van der Waals surface area contributed by atoms with Crippen LogP contribution in [-0.4, -0.2) is 16.9 Å². The highest BCUT2D eigenvalue weighted by atomic mass is 19.4. The third kappa shape index (κ3) is 3.69. The minimum absolute atomic E-state index is 0.0253. The van der Waals surface area contributed by atoms with E-state index >= 15 is 0 Å². The first-order valence-corrected chi connectivity index (χ1v) is 6.42. The molecule has 1 aromatic rings. The number of nitrogens with zero attached hydrogens (tertiary/aromatic N) is 1. The predicted molar refractivity (Wildman–Crippen MR) is 67.1 cm³/mol. The quantitative estimate of drug-likeness (QED) is 0.757. The van der Waals surface area contributed by atoms with Gasteiger partial charge in [-0.15, -0.1) is 5.06 Å². The average Bonchev–Trinajstić information content (AvgIpc) is 2.76. The highest BCUT2D eigenvalue weighted by molar-refractivity contribution is 5.91. The molecular formula is C14H9F6NO3. The summed E-state index contributed by atoms with van der Waals surface area (Å²) in [5.41, 5.74) is -4.22. The molecule has 1 amide bonds. The van der Waals surface area contributed by atoms with Crippen molar-refractivity contribution in [1.82, 2.24) is 5.06 Å². The molecule has 0 saturated carbocycles. The SMILES string of the molecule is C=C1CCC(=O)N1OC(=O)c1cc(C(F)(F)F)cc(C(F)(F)F)c1. The van der Waals surface area contributed by atoms with Crippen LogP contribution in [0.3, 0.4) is 0 Å². The second-order valence-corrected chi connectivity index (χ2v) is 4.93. The summed E-state index contributed by atoms with van der Waals surface area (Å²) < 4.78 is 76.4. The van der Waals surface area contributed by atoms with Crippen molar-refractivity contribution in [2.45, 2.75) is 25.2 Å². The van der Waals surface area contributed by atoms with Gasteiger partial charge >= 0.3 is 18.3 Å². The Morgan fingerprint density at radius 2 is 1.50 bits per heavy atom. The van der Waals surface area contributed by atoms with E-state index in [1.54, 1.807) is 0 Å². The Morgan fingerprint density at radius 3 is 1.88 bits per heavy atom. The molecule has 0 N–H and O–H groups in total. The summed E-state index contributed by atoms with van der Waals surface area (Å²) in [4.78, 5) is 27.9. The minimum atomic E-state index is -5.09. The standard InChI is InChI=1S/C14H9F6NO3/c1-7-2-3-11(22)21(7)24-12(23)8-4-9(13(15,16)17)6-10(5-8)14(18,19)20/h4-6H,1-3H2. The summed E-state index contributed by atoms with van der Waals surface area (Å²) in [5, 5.41) is 0.468. The zero-order valence-corrected chi connectivity index (χ0v) is 11.8. The molecule has 1 heterocycles. The molecule has 0 aliphatic carbocycles. The number of benzene rings is 1. The van der Waals surface area contributed by atoms with E-state index in [2.05, 4.69) is 11.4 Å². The van der Waals surface area contributed by atoms with Crippen LogP contribution < -0.4 is 0 Å². The Bertz CT molecular complexity index is 659. The molecule has 1 saturated heterocycles. The minimum Gasteiger partial charge on any atom is -0.328 e. The summed E-state index contributed by atoms with van der Waals surface area (Å²) in [6.07, 6.45) is -10.0. The van der Waals surface area contributed by atoms with Crippen LogP contribution in [0.2, 0.25) is 0 Å². The fourth-order valence-corrected chi connectivity index (χ4v) is 1.95. The van der Waals surface area contributed by atoms with E-state index in [-0.39, 0.29) is 36.7 Å². The maximum atomic E-state index is 12.7. The van der Waals surface area contributed by atoms with E-state index in [1.807, 2.05) is 0 Å². The monoisotopic (exact) mass is 353 g/mol. The molecular weight excluding hydrogens is 344 g/mol. The molecule has 130 valence electrons. The number of carbonyl (C=O) groups excluding carboxylic acids is 2. The van der Waals surface area contributed by atoms with Crippen LogP contribution in [0.1, 0.15) is 34.3 Å². The summed E-state index contributed by atoms with van der Waals surface area (Å²) in [6, 6.07) is 0.332. The van der Waals surface area contributed by atoms with Crippen molar-refractivity contribution in [2.75, 3.05) is 0 Å². The number of halogens is 6. The molecule has 0 atom stereocenters. The number of hydrogen-bond acceptors (Lipinski definition) is 3. The van der Waals surface area contributed by atoms with Gasteiger partial charge in [0.05, 0.1) is 22.4 Å². The number of allylic oxidation sites excluding steroid dienone is 1. The van der Waals surface area contributed by atoms with Crippen LogP contribution in [-0.2, 0) is 22.0 Å². The lowest BCUT2D eigenvalue weighted by Gasteiger charge is -2.17. The van der Waals surface area contributed by atoms with Crippen molar-refractivity contribution in [3.8, 4) is 0 Å². The largest absolute Gasteiger partial charge is 0.416 e. The van der Waals surface area contributed by atoms with Crippen molar-refractivity contribution in [1.29, 1.82) is 0 Å². The van der Waals surface area contributed by atoms with Crippen LogP contribution in [0.4, 0.5) is 26.3 Å². The summed E-state index contributed by atoms with van der Waals surface area (Å²) in [6.45, 7) is 3.41. The third-order valence-electron chi connectivity index (χ3n) is 3.14. The highest BCUT2D eigenvalue weighted by Gasteiger charge is 2.38. The molecule has 4 nitrogen and oxygen atoms in total. The maximum absolute atomic E-state index is 12.7. The molecule has 2 rings (SSSR count). The number of amides is 1. The Kier molecular flexibility index (Phi) is 4.34. The second-order valence-electron chi connectivity index (χ2n) is 4.93. The molecule has 0 aromatic heterocycles. The van der Waals surface area contributed by atoms with Gasteiger partial charge in [0.2, 0.25) is 0 Å². The topological polar surface area (TPSA) is 46.6 Å². The van der Waals surface area contributed by atoms with Crippen LogP contribution in [0.5, 0.6) is 0 Å². The van der Waals surface area contributed by atoms with E-state index in [1.165, 1.54) is 0 Å². The third-order valence-corrected chi connectivity index (χ3v) is 3.14. The smallest absolute Gasteiger partial charge is 0.328 e. The lowest BCUT2D eigenvalue weighted by molar-refractivity contribution is -0.153. The highest BCUT2D eigenvalue weighted by Crippen LogP contribution is 2.36. The van der Waals surface area contributed by atoms with Crippen LogP contribution >= 0.6 is 0 Å². The number of carbonyl (C=O) groups is 2. The molecule has 0 spiro atoms. The lowest BCUT2D eigenvalue weighted by atomic mass is 10.0. The van der Waals surface area contributed by atoms with E-state index in [0.29, 0.717) is 5.06 Å². The lowest BCUT2D eigenvalue weighted by Crippen LogP contribution is -2.27. The molecule has 24 heavy (non-hydrogen) atoms. The first-order valence-electron chi connectivity index (χ1n) is 6.42. The van der Waals surface area contributed by atoms with Gasteiger partial charge in [0, 0.05) is 6.42 Å². The number of alkyl halides is 6. The number of rotatable bonds is 2. The van der Waals surface area contributed by atoms with E-state index in [0.717, 1.165) is 0 Å². The second kappa shape index (κ2) is 5.84. The normalized spacial score (nSPS) is 15.8. The zero-order valence-electron chi connectivity index (χ0n) is 11.8. The summed E-state index contributed by atoms with van der Waals surface area (Å²) in [7, 11) is 0. The van der Waals surface area contributed by atoms with E-state index in [4.69, 9.17) is 0 Å². The van der Waals surface area contributed by atoms with Crippen molar-refractivity contribution in [3.05, 3.63) is 47.2 Å². The van der Waals surface area contributed by atoms with Crippen LogP contribution in [0, 0.1) is 0 Å².